The van der Waals surface area contributed by atoms with E-state index < -0.39 is 24.0 Å². The van der Waals surface area contributed by atoms with Crippen LogP contribution in [0.2, 0.25) is 0 Å². The molecule has 0 unspecified atom stereocenters. The number of amides is 1. The first kappa shape index (κ1) is 14.7. The van der Waals surface area contributed by atoms with Crippen LogP contribution in [-0.4, -0.2) is 23.2 Å². The fourth-order valence-electron chi connectivity index (χ4n) is 2.55. The van der Waals surface area contributed by atoms with Gasteiger partial charge in [0.2, 0.25) is 0 Å². The number of phenols is 1. The van der Waals surface area contributed by atoms with Crippen LogP contribution < -0.4 is 5.32 Å². The van der Waals surface area contributed by atoms with E-state index >= 15 is 0 Å². The van der Waals surface area contributed by atoms with E-state index in [1.165, 1.54) is 12.1 Å². The van der Waals surface area contributed by atoms with Gasteiger partial charge in [0.1, 0.15) is 5.75 Å². The van der Waals surface area contributed by atoms with Gasteiger partial charge >= 0.3 is 6.18 Å². The summed E-state index contributed by atoms with van der Waals surface area (Å²) in [5.74, 6) is -2.06. The molecule has 0 spiro atoms. The van der Waals surface area contributed by atoms with Gasteiger partial charge in [-0.25, -0.2) is 0 Å². The Balaban J connectivity index is 2.00. The first-order valence-corrected chi connectivity index (χ1v) is 6.53. The van der Waals surface area contributed by atoms with Gasteiger partial charge in [-0.3, -0.25) is 4.79 Å². The number of para-hydroxylation sites is 1. The van der Waals surface area contributed by atoms with Crippen LogP contribution in [0.1, 0.15) is 36.0 Å². The molecule has 0 bridgehead atoms. The Morgan fingerprint density at radius 1 is 1.25 bits per heavy atom. The lowest BCUT2D eigenvalue weighted by Gasteiger charge is -2.31. The zero-order valence-electron chi connectivity index (χ0n) is 10.8. The number of phenolic OH excluding ortho intramolecular Hbond substituents is 1. The molecule has 1 aromatic carbocycles. The third-order valence-electron chi connectivity index (χ3n) is 3.62. The van der Waals surface area contributed by atoms with Crippen molar-refractivity contribution in [1.82, 2.24) is 5.32 Å². The standard InChI is InChI=1S/C14H16F3NO2/c15-14(16,17)9-4-3-5-10(8-9)18-13(20)11-6-1-2-7-12(11)19/h1-2,6-7,9-10,19H,3-5,8H2,(H,18,20)/t9-,10+/m1/s1. The maximum absolute atomic E-state index is 12.7. The lowest BCUT2D eigenvalue weighted by molar-refractivity contribution is -0.183. The van der Waals surface area contributed by atoms with Crippen molar-refractivity contribution in [3.05, 3.63) is 29.8 Å². The Labute approximate surface area is 114 Å². The zero-order valence-corrected chi connectivity index (χ0v) is 10.8. The summed E-state index contributed by atoms with van der Waals surface area (Å²) in [4.78, 5) is 11.9. The molecule has 3 nitrogen and oxygen atoms in total. The van der Waals surface area contributed by atoms with E-state index in [2.05, 4.69) is 5.32 Å². The summed E-state index contributed by atoms with van der Waals surface area (Å²) < 4.78 is 38.1. The summed E-state index contributed by atoms with van der Waals surface area (Å²) in [6.45, 7) is 0. The molecule has 0 radical (unpaired) electrons. The van der Waals surface area contributed by atoms with Crippen molar-refractivity contribution in [2.75, 3.05) is 0 Å². The maximum Gasteiger partial charge on any atom is 0.391 e. The van der Waals surface area contributed by atoms with Crippen molar-refractivity contribution < 1.29 is 23.1 Å². The number of carbonyl (C=O) groups excluding carboxylic acids is 1. The molecule has 2 rings (SSSR count). The fraction of sp³-hybridized carbons (Fsp3) is 0.500. The molecule has 1 aliphatic carbocycles. The van der Waals surface area contributed by atoms with Crippen LogP contribution in [-0.2, 0) is 0 Å². The van der Waals surface area contributed by atoms with Gasteiger partial charge in [-0.05, 0) is 31.4 Å². The smallest absolute Gasteiger partial charge is 0.391 e. The molecule has 2 atom stereocenters. The summed E-state index contributed by atoms with van der Waals surface area (Å²) in [6, 6.07) is 5.48. The third-order valence-corrected chi connectivity index (χ3v) is 3.62. The van der Waals surface area contributed by atoms with Gasteiger partial charge in [-0.15, -0.1) is 0 Å². The summed E-state index contributed by atoms with van der Waals surface area (Å²) >= 11 is 0. The lowest BCUT2D eigenvalue weighted by atomic mass is 9.85. The second-order valence-corrected chi connectivity index (χ2v) is 5.09. The molecule has 0 saturated heterocycles. The minimum atomic E-state index is -4.21. The van der Waals surface area contributed by atoms with Crippen LogP contribution in [0.4, 0.5) is 13.2 Å². The number of carbonyl (C=O) groups is 1. The maximum atomic E-state index is 12.7. The summed E-state index contributed by atoms with van der Waals surface area (Å²) in [5, 5.41) is 12.1. The highest BCUT2D eigenvalue weighted by molar-refractivity contribution is 5.96. The average molecular weight is 287 g/mol. The predicted octanol–water partition coefficient (Wildman–Crippen LogP) is 3.24. The molecule has 110 valence electrons. The first-order valence-electron chi connectivity index (χ1n) is 6.53. The fourth-order valence-corrected chi connectivity index (χ4v) is 2.55. The van der Waals surface area contributed by atoms with E-state index in [9.17, 15) is 23.1 Å². The van der Waals surface area contributed by atoms with Crippen molar-refractivity contribution in [2.24, 2.45) is 5.92 Å². The van der Waals surface area contributed by atoms with E-state index in [0.717, 1.165) is 0 Å². The van der Waals surface area contributed by atoms with E-state index in [1.807, 2.05) is 0 Å². The molecule has 2 N–H and O–H groups in total. The second kappa shape index (κ2) is 5.73. The van der Waals surface area contributed by atoms with Crippen LogP contribution in [0.15, 0.2) is 24.3 Å². The number of rotatable bonds is 2. The molecule has 1 fully saturated rings. The molecule has 6 heteroatoms. The monoisotopic (exact) mass is 287 g/mol. The highest BCUT2D eigenvalue weighted by Crippen LogP contribution is 2.37. The molecule has 0 heterocycles. The van der Waals surface area contributed by atoms with Crippen LogP contribution in [0.5, 0.6) is 5.75 Å². The minimum Gasteiger partial charge on any atom is -0.507 e. The summed E-state index contributed by atoms with van der Waals surface area (Å²) in [7, 11) is 0. The molecule has 1 amide bonds. The highest BCUT2D eigenvalue weighted by Gasteiger charge is 2.42. The largest absolute Gasteiger partial charge is 0.507 e. The number of hydrogen-bond acceptors (Lipinski definition) is 2. The van der Waals surface area contributed by atoms with Crippen molar-refractivity contribution in [3.63, 3.8) is 0 Å². The molecule has 1 aromatic rings. The lowest BCUT2D eigenvalue weighted by Crippen LogP contribution is -2.41. The predicted molar refractivity (Wildman–Crippen MR) is 67.4 cm³/mol. The van der Waals surface area contributed by atoms with Crippen molar-refractivity contribution in [3.8, 4) is 5.75 Å². The number of halogens is 3. The summed E-state index contributed by atoms with van der Waals surface area (Å²) in [6.07, 6.45) is -3.21. The van der Waals surface area contributed by atoms with E-state index in [0.29, 0.717) is 12.8 Å². The van der Waals surface area contributed by atoms with Crippen LogP contribution >= 0.6 is 0 Å². The molecule has 0 aromatic heterocycles. The first-order chi connectivity index (χ1) is 9.38. The number of alkyl halides is 3. The minimum absolute atomic E-state index is 0.0848. The van der Waals surface area contributed by atoms with Gasteiger partial charge < -0.3 is 10.4 Å². The zero-order chi connectivity index (χ0) is 14.8. The van der Waals surface area contributed by atoms with E-state index in [4.69, 9.17) is 0 Å². The third kappa shape index (κ3) is 3.43. The number of nitrogens with one attached hydrogen (secondary N) is 1. The summed E-state index contributed by atoms with van der Waals surface area (Å²) in [5.41, 5.74) is 0.0848. The van der Waals surface area contributed by atoms with Crippen molar-refractivity contribution >= 4 is 5.91 Å². The van der Waals surface area contributed by atoms with Crippen LogP contribution in [0, 0.1) is 5.92 Å². The van der Waals surface area contributed by atoms with Crippen molar-refractivity contribution in [1.29, 1.82) is 0 Å². The average Bonchev–Trinajstić information content (AvgIpc) is 2.38. The molecule has 20 heavy (non-hydrogen) atoms. The van der Waals surface area contributed by atoms with Crippen LogP contribution in [0.25, 0.3) is 0 Å². The van der Waals surface area contributed by atoms with Gasteiger partial charge in [0.25, 0.3) is 5.91 Å². The van der Waals surface area contributed by atoms with Gasteiger partial charge in [0.15, 0.2) is 0 Å². The van der Waals surface area contributed by atoms with Crippen molar-refractivity contribution in [2.45, 2.75) is 37.9 Å². The Bertz CT molecular complexity index is 488. The number of hydrogen-bond donors (Lipinski definition) is 2. The van der Waals surface area contributed by atoms with Gasteiger partial charge in [0, 0.05) is 6.04 Å². The number of benzene rings is 1. The number of aromatic hydroxyl groups is 1. The topological polar surface area (TPSA) is 49.3 Å². The van der Waals surface area contributed by atoms with Gasteiger partial charge in [0.05, 0.1) is 11.5 Å². The Kier molecular flexibility index (Phi) is 4.20. The Hall–Kier alpha value is -1.72. The second-order valence-electron chi connectivity index (χ2n) is 5.09. The van der Waals surface area contributed by atoms with E-state index in [-0.39, 0.29) is 24.2 Å². The quantitative estimate of drug-likeness (QED) is 0.877. The Morgan fingerprint density at radius 3 is 2.60 bits per heavy atom. The molecule has 1 saturated carbocycles. The normalized spacial score (nSPS) is 23.4. The molecular weight excluding hydrogens is 271 g/mol. The molecular formula is C14H16F3NO2. The SMILES string of the molecule is O=C(N[C@H]1CCC[C@@H](C(F)(F)F)C1)c1ccccc1O. The van der Waals surface area contributed by atoms with Gasteiger partial charge in [-0.1, -0.05) is 18.6 Å². The van der Waals surface area contributed by atoms with Gasteiger partial charge in [-0.2, -0.15) is 13.2 Å². The molecule has 0 aliphatic heterocycles. The van der Waals surface area contributed by atoms with Crippen LogP contribution in [0.3, 0.4) is 0 Å². The Morgan fingerprint density at radius 2 is 1.95 bits per heavy atom. The highest BCUT2D eigenvalue weighted by atomic mass is 19.4. The van der Waals surface area contributed by atoms with E-state index in [1.54, 1.807) is 12.1 Å². The molecule has 1 aliphatic rings.